The van der Waals surface area contributed by atoms with Crippen LogP contribution in [0.1, 0.15) is 21.7 Å². The van der Waals surface area contributed by atoms with E-state index in [4.69, 9.17) is 4.74 Å². The molecule has 0 saturated carbocycles. The van der Waals surface area contributed by atoms with Gasteiger partial charge in [0, 0.05) is 13.1 Å². The highest BCUT2D eigenvalue weighted by molar-refractivity contribution is 5.92. The largest absolute Gasteiger partial charge is 0.484 e. The predicted molar refractivity (Wildman–Crippen MR) is 107 cm³/mol. The summed E-state index contributed by atoms with van der Waals surface area (Å²) < 4.78 is 20.1. The molecule has 1 aliphatic rings. The monoisotopic (exact) mass is 408 g/mol. The number of nitrogens with one attached hydrogen (secondary N) is 1. The van der Waals surface area contributed by atoms with Gasteiger partial charge in [0.25, 0.3) is 11.8 Å². The molecule has 0 saturated heterocycles. The van der Waals surface area contributed by atoms with Crippen LogP contribution in [-0.2, 0) is 24.4 Å². The molecular weight excluding hydrogens is 387 g/mol. The van der Waals surface area contributed by atoms with Crippen LogP contribution < -0.4 is 10.1 Å². The first-order chi connectivity index (χ1) is 14.6. The average molecular weight is 408 g/mol. The lowest BCUT2D eigenvalue weighted by molar-refractivity contribution is -0.134. The molecule has 0 aliphatic carbocycles. The van der Waals surface area contributed by atoms with Crippen LogP contribution in [0.25, 0.3) is 0 Å². The summed E-state index contributed by atoms with van der Waals surface area (Å²) in [6, 6.07) is 16.9. The van der Waals surface area contributed by atoms with Crippen molar-refractivity contribution in [1.82, 2.24) is 20.0 Å². The molecule has 0 radical (unpaired) electrons. The minimum atomic E-state index is -0.360. The van der Waals surface area contributed by atoms with Crippen molar-refractivity contribution in [3.63, 3.8) is 0 Å². The molecule has 1 aromatic heterocycles. The fourth-order valence-electron chi connectivity index (χ4n) is 3.23. The number of carbonyl (C=O) groups is 2. The van der Waals surface area contributed by atoms with Crippen molar-refractivity contribution in [2.24, 2.45) is 0 Å². The molecule has 4 rings (SSSR count). The Morgan fingerprint density at radius 2 is 1.83 bits per heavy atom. The molecule has 1 N–H and O–H groups in total. The summed E-state index contributed by atoms with van der Waals surface area (Å²) in [6.07, 6.45) is 0. The van der Waals surface area contributed by atoms with Gasteiger partial charge in [-0.25, -0.2) is 4.39 Å². The van der Waals surface area contributed by atoms with Crippen LogP contribution in [0.3, 0.4) is 0 Å². The van der Waals surface area contributed by atoms with Gasteiger partial charge < -0.3 is 15.0 Å². The number of hydrogen-bond acceptors (Lipinski definition) is 4. The van der Waals surface area contributed by atoms with Gasteiger partial charge in [-0.2, -0.15) is 5.10 Å². The lowest BCUT2D eigenvalue weighted by atomic mass is 10.2. The summed E-state index contributed by atoms with van der Waals surface area (Å²) in [7, 11) is 0. The maximum absolute atomic E-state index is 12.9. The van der Waals surface area contributed by atoms with Gasteiger partial charge in [0.05, 0.1) is 18.8 Å². The highest BCUT2D eigenvalue weighted by Gasteiger charge is 2.24. The molecule has 8 heteroatoms. The Morgan fingerprint density at radius 1 is 1.07 bits per heavy atom. The van der Waals surface area contributed by atoms with Crippen LogP contribution in [0.2, 0.25) is 0 Å². The van der Waals surface area contributed by atoms with Gasteiger partial charge in [0.2, 0.25) is 0 Å². The first kappa shape index (κ1) is 19.6. The van der Waals surface area contributed by atoms with E-state index in [1.807, 2.05) is 30.3 Å². The van der Waals surface area contributed by atoms with E-state index in [9.17, 15) is 14.0 Å². The van der Waals surface area contributed by atoms with E-state index >= 15 is 0 Å². The lowest BCUT2D eigenvalue weighted by Gasteiger charge is -2.27. The van der Waals surface area contributed by atoms with E-state index < -0.39 is 0 Å². The van der Waals surface area contributed by atoms with Gasteiger partial charge in [-0.3, -0.25) is 14.3 Å². The first-order valence-electron chi connectivity index (χ1n) is 9.63. The Kier molecular flexibility index (Phi) is 5.74. The summed E-state index contributed by atoms with van der Waals surface area (Å²) >= 11 is 0. The van der Waals surface area contributed by atoms with Crippen molar-refractivity contribution >= 4 is 11.8 Å². The Labute approximate surface area is 173 Å². The van der Waals surface area contributed by atoms with Gasteiger partial charge in [0.1, 0.15) is 11.6 Å². The second-order valence-electron chi connectivity index (χ2n) is 6.97. The predicted octanol–water partition coefficient (Wildman–Crippen LogP) is 2.37. The van der Waals surface area contributed by atoms with E-state index in [1.54, 1.807) is 15.6 Å². The Hall–Kier alpha value is -3.68. The molecule has 3 aromatic rings. The number of fused-ring (bicyclic) bond motifs is 1. The third-order valence-corrected chi connectivity index (χ3v) is 4.86. The second kappa shape index (κ2) is 8.77. The number of ether oxygens (including phenoxy) is 1. The van der Waals surface area contributed by atoms with Crippen LogP contribution in [0.5, 0.6) is 5.75 Å². The lowest BCUT2D eigenvalue weighted by Crippen LogP contribution is -2.40. The van der Waals surface area contributed by atoms with Crippen LogP contribution in [-0.4, -0.2) is 39.6 Å². The Morgan fingerprint density at radius 3 is 2.60 bits per heavy atom. The SMILES string of the molecule is O=C(NCc1ccccc1)c1cc2n(n1)CCN(C(=O)COc1ccc(F)cc1)C2. The van der Waals surface area contributed by atoms with Crippen LogP contribution in [0, 0.1) is 5.82 Å². The molecule has 0 spiro atoms. The molecule has 30 heavy (non-hydrogen) atoms. The zero-order valence-corrected chi connectivity index (χ0v) is 16.3. The number of amides is 2. The summed E-state index contributed by atoms with van der Waals surface area (Å²) in [5, 5.41) is 7.22. The van der Waals surface area contributed by atoms with E-state index in [2.05, 4.69) is 10.4 Å². The molecule has 2 amide bonds. The van der Waals surface area contributed by atoms with Crippen molar-refractivity contribution in [1.29, 1.82) is 0 Å². The van der Waals surface area contributed by atoms with Crippen molar-refractivity contribution in [2.75, 3.05) is 13.2 Å². The third-order valence-electron chi connectivity index (χ3n) is 4.86. The minimum absolute atomic E-state index is 0.135. The number of hydrogen-bond donors (Lipinski definition) is 1. The molecule has 0 unspecified atom stereocenters. The van der Waals surface area contributed by atoms with Crippen molar-refractivity contribution in [3.05, 3.63) is 83.4 Å². The van der Waals surface area contributed by atoms with Gasteiger partial charge >= 0.3 is 0 Å². The number of benzene rings is 2. The topological polar surface area (TPSA) is 76.5 Å². The van der Waals surface area contributed by atoms with Crippen molar-refractivity contribution in [3.8, 4) is 5.75 Å². The first-order valence-corrected chi connectivity index (χ1v) is 9.63. The maximum atomic E-state index is 12.9. The molecule has 7 nitrogen and oxygen atoms in total. The maximum Gasteiger partial charge on any atom is 0.272 e. The molecule has 2 aromatic carbocycles. The summed E-state index contributed by atoms with van der Waals surface area (Å²) in [4.78, 5) is 26.5. The van der Waals surface area contributed by atoms with Crippen LogP contribution in [0.4, 0.5) is 4.39 Å². The number of nitrogens with zero attached hydrogens (tertiary/aromatic N) is 3. The Balaban J connectivity index is 1.32. The van der Waals surface area contributed by atoms with Crippen LogP contribution >= 0.6 is 0 Å². The van der Waals surface area contributed by atoms with Gasteiger partial charge in [-0.1, -0.05) is 30.3 Å². The van der Waals surface area contributed by atoms with E-state index in [-0.39, 0.29) is 24.2 Å². The highest BCUT2D eigenvalue weighted by Crippen LogP contribution is 2.16. The molecular formula is C22H21FN4O3. The number of aromatic nitrogens is 2. The normalized spacial score (nSPS) is 12.9. The average Bonchev–Trinajstić information content (AvgIpc) is 3.21. The van der Waals surface area contributed by atoms with Crippen LogP contribution in [0.15, 0.2) is 60.7 Å². The smallest absolute Gasteiger partial charge is 0.272 e. The third kappa shape index (κ3) is 4.65. The zero-order chi connectivity index (χ0) is 20.9. The number of carbonyl (C=O) groups excluding carboxylic acids is 2. The van der Waals surface area contributed by atoms with Gasteiger partial charge in [-0.15, -0.1) is 0 Å². The fourth-order valence-corrected chi connectivity index (χ4v) is 3.23. The molecule has 154 valence electrons. The number of halogens is 1. The minimum Gasteiger partial charge on any atom is -0.484 e. The molecule has 0 atom stereocenters. The van der Waals surface area contributed by atoms with Gasteiger partial charge in [-0.05, 0) is 35.9 Å². The standard InChI is InChI=1S/C22H21FN4O3/c23-17-6-8-19(9-7-17)30-15-21(28)26-10-11-27-18(14-26)12-20(25-27)22(29)24-13-16-4-2-1-3-5-16/h1-9,12H,10-11,13-15H2,(H,24,29). The molecule has 1 aliphatic heterocycles. The summed E-state index contributed by atoms with van der Waals surface area (Å²) in [6.45, 7) is 1.62. The second-order valence-corrected chi connectivity index (χ2v) is 6.97. The van der Waals surface area contributed by atoms with Gasteiger partial charge in [0.15, 0.2) is 12.3 Å². The van der Waals surface area contributed by atoms with Crippen molar-refractivity contribution < 1.29 is 18.7 Å². The molecule has 0 bridgehead atoms. The van der Waals surface area contributed by atoms with E-state index in [0.29, 0.717) is 37.6 Å². The fraction of sp³-hybridized carbons (Fsp3) is 0.227. The summed E-state index contributed by atoms with van der Waals surface area (Å²) in [5.41, 5.74) is 2.13. The highest BCUT2D eigenvalue weighted by atomic mass is 19.1. The number of rotatable bonds is 6. The van der Waals surface area contributed by atoms with E-state index in [0.717, 1.165) is 11.3 Å². The van der Waals surface area contributed by atoms with E-state index in [1.165, 1.54) is 24.3 Å². The quantitative estimate of drug-likeness (QED) is 0.680. The summed E-state index contributed by atoms with van der Waals surface area (Å²) in [5.74, 6) is -0.356. The molecule has 2 heterocycles. The Bertz CT molecular complexity index is 1030. The molecule has 0 fully saturated rings. The van der Waals surface area contributed by atoms with Crippen molar-refractivity contribution in [2.45, 2.75) is 19.6 Å². The zero-order valence-electron chi connectivity index (χ0n) is 16.3.